The van der Waals surface area contributed by atoms with Crippen molar-refractivity contribution in [2.45, 2.75) is 26.7 Å². The maximum absolute atomic E-state index is 12.6. The third kappa shape index (κ3) is 3.74. The molecule has 0 N–H and O–H groups in total. The van der Waals surface area contributed by atoms with Gasteiger partial charge in [-0.1, -0.05) is 25.5 Å². The van der Waals surface area contributed by atoms with Gasteiger partial charge in [0.15, 0.2) is 0 Å². The number of rotatable bonds is 7. The number of unbranched alkanes of at least 4 members (excludes halogenated alkanes) is 1. The van der Waals surface area contributed by atoms with Crippen molar-refractivity contribution in [1.82, 2.24) is 14.8 Å². The second-order valence-corrected chi connectivity index (χ2v) is 6.47. The molecule has 1 aromatic carbocycles. The molecule has 2 heterocycles. The van der Waals surface area contributed by atoms with E-state index in [1.807, 2.05) is 26.1 Å². The van der Waals surface area contributed by atoms with Crippen LogP contribution in [-0.4, -0.2) is 33.8 Å². The molecule has 138 valence electrons. The van der Waals surface area contributed by atoms with E-state index in [0.717, 1.165) is 35.0 Å². The lowest BCUT2D eigenvalue weighted by molar-refractivity contribution is 0.0750. The van der Waals surface area contributed by atoms with Gasteiger partial charge in [-0.05, 0) is 31.0 Å². The number of fused-ring (bicyclic) bond motifs is 1. The number of Topliss-reactive ketones (excluding diaryl/α,β-unsaturated/α-hetero) is 1. The quantitative estimate of drug-likeness (QED) is 0.471. The van der Waals surface area contributed by atoms with E-state index in [2.05, 4.69) is 23.1 Å². The predicted octanol–water partition coefficient (Wildman–Crippen LogP) is 3.81. The number of para-hydroxylation sites is 1. The van der Waals surface area contributed by atoms with E-state index in [1.54, 1.807) is 23.0 Å². The number of nitriles is 1. The SMILES string of the molecule is CCCCOCC(=O)c1cc(-c2cnn(C)c2C)c2cccc(C#N)c2n1. The van der Waals surface area contributed by atoms with Crippen LogP contribution in [0, 0.1) is 18.3 Å². The molecule has 3 aromatic rings. The van der Waals surface area contributed by atoms with E-state index >= 15 is 0 Å². The number of aryl methyl sites for hydroxylation is 1. The van der Waals surface area contributed by atoms with Crippen LogP contribution >= 0.6 is 0 Å². The Morgan fingerprint density at radius 2 is 2.15 bits per heavy atom. The number of hydrogen-bond donors (Lipinski definition) is 0. The van der Waals surface area contributed by atoms with Crippen molar-refractivity contribution in [3.05, 3.63) is 47.4 Å². The fourth-order valence-electron chi connectivity index (χ4n) is 2.95. The van der Waals surface area contributed by atoms with E-state index in [-0.39, 0.29) is 12.4 Å². The Hall–Kier alpha value is -3.04. The molecule has 0 unspecified atom stereocenters. The highest BCUT2D eigenvalue weighted by Crippen LogP contribution is 2.32. The van der Waals surface area contributed by atoms with Crippen LogP contribution in [0.15, 0.2) is 30.5 Å². The van der Waals surface area contributed by atoms with Gasteiger partial charge in [0.2, 0.25) is 5.78 Å². The molecule has 0 saturated heterocycles. The van der Waals surface area contributed by atoms with Crippen LogP contribution in [0.3, 0.4) is 0 Å². The highest BCUT2D eigenvalue weighted by molar-refractivity contribution is 6.04. The molecule has 27 heavy (non-hydrogen) atoms. The lowest BCUT2D eigenvalue weighted by atomic mass is 9.98. The Kier molecular flexibility index (Phi) is 5.63. The van der Waals surface area contributed by atoms with Gasteiger partial charge in [0.1, 0.15) is 18.4 Å². The van der Waals surface area contributed by atoms with Gasteiger partial charge >= 0.3 is 0 Å². The summed E-state index contributed by atoms with van der Waals surface area (Å²) in [6.07, 6.45) is 3.70. The largest absolute Gasteiger partial charge is 0.373 e. The lowest BCUT2D eigenvalue weighted by Crippen LogP contribution is -2.12. The molecule has 0 fully saturated rings. The molecule has 0 spiro atoms. The standard InChI is InChI=1S/C21H22N4O2/c1-4-5-9-27-13-20(26)19-10-17(18-12-23-25(3)14(18)2)16-8-6-7-15(11-22)21(16)24-19/h6-8,10,12H,4-5,9,13H2,1-3H3. The molecule has 0 bridgehead atoms. The Labute approximate surface area is 158 Å². The summed E-state index contributed by atoms with van der Waals surface area (Å²) in [7, 11) is 1.87. The van der Waals surface area contributed by atoms with Crippen LogP contribution in [0.1, 0.15) is 41.5 Å². The zero-order valence-electron chi connectivity index (χ0n) is 15.8. The monoisotopic (exact) mass is 362 g/mol. The maximum Gasteiger partial charge on any atom is 0.206 e. The normalized spacial score (nSPS) is 10.9. The van der Waals surface area contributed by atoms with Crippen molar-refractivity contribution in [1.29, 1.82) is 5.26 Å². The topological polar surface area (TPSA) is 80.8 Å². The van der Waals surface area contributed by atoms with E-state index in [0.29, 0.717) is 23.4 Å². The summed E-state index contributed by atoms with van der Waals surface area (Å²) < 4.78 is 7.24. The number of nitrogens with zero attached hydrogens (tertiary/aromatic N) is 4. The molecule has 3 rings (SSSR count). The number of benzene rings is 1. The first-order chi connectivity index (χ1) is 13.1. The third-order valence-corrected chi connectivity index (χ3v) is 4.65. The van der Waals surface area contributed by atoms with Crippen LogP contribution in [0.5, 0.6) is 0 Å². The second kappa shape index (κ2) is 8.11. The molecular weight excluding hydrogens is 340 g/mol. The first-order valence-electron chi connectivity index (χ1n) is 9.00. The van der Waals surface area contributed by atoms with Crippen molar-refractivity contribution in [3.63, 3.8) is 0 Å². The van der Waals surface area contributed by atoms with Crippen LogP contribution in [0.4, 0.5) is 0 Å². The Bertz CT molecular complexity index is 1030. The van der Waals surface area contributed by atoms with Crippen molar-refractivity contribution in [2.75, 3.05) is 13.2 Å². The molecule has 2 aromatic heterocycles. The van der Waals surface area contributed by atoms with Crippen LogP contribution in [-0.2, 0) is 11.8 Å². The molecule has 0 saturated carbocycles. The molecule has 6 nitrogen and oxygen atoms in total. The maximum atomic E-state index is 12.6. The molecule has 0 radical (unpaired) electrons. The summed E-state index contributed by atoms with van der Waals surface area (Å²) in [5.41, 5.74) is 4.01. The summed E-state index contributed by atoms with van der Waals surface area (Å²) in [4.78, 5) is 17.1. The number of pyridine rings is 1. The predicted molar refractivity (Wildman–Crippen MR) is 103 cm³/mol. The first-order valence-corrected chi connectivity index (χ1v) is 9.00. The van der Waals surface area contributed by atoms with Gasteiger partial charge in [0.25, 0.3) is 0 Å². The van der Waals surface area contributed by atoms with Gasteiger partial charge < -0.3 is 4.74 Å². The second-order valence-electron chi connectivity index (χ2n) is 6.47. The van der Waals surface area contributed by atoms with Gasteiger partial charge in [-0.3, -0.25) is 9.48 Å². The zero-order chi connectivity index (χ0) is 19.4. The number of hydrogen-bond acceptors (Lipinski definition) is 5. The van der Waals surface area contributed by atoms with Gasteiger partial charge in [-0.25, -0.2) is 4.98 Å². The van der Waals surface area contributed by atoms with E-state index in [4.69, 9.17) is 4.74 Å². The molecule has 0 aliphatic rings. The molecule has 0 amide bonds. The minimum atomic E-state index is -0.191. The summed E-state index contributed by atoms with van der Waals surface area (Å²) >= 11 is 0. The van der Waals surface area contributed by atoms with Gasteiger partial charge in [0.05, 0.1) is 17.3 Å². The molecule has 6 heteroatoms. The molecule has 0 atom stereocenters. The first kappa shape index (κ1) is 18.7. The smallest absolute Gasteiger partial charge is 0.206 e. The molecular formula is C21H22N4O2. The third-order valence-electron chi connectivity index (χ3n) is 4.65. The van der Waals surface area contributed by atoms with Crippen LogP contribution < -0.4 is 0 Å². The van der Waals surface area contributed by atoms with Crippen molar-refractivity contribution in [3.8, 4) is 17.2 Å². The van der Waals surface area contributed by atoms with Crippen LogP contribution in [0.2, 0.25) is 0 Å². The average molecular weight is 362 g/mol. The van der Waals surface area contributed by atoms with E-state index < -0.39 is 0 Å². The van der Waals surface area contributed by atoms with Gasteiger partial charge in [0, 0.05) is 30.3 Å². The number of ether oxygens (including phenoxy) is 1. The minimum Gasteiger partial charge on any atom is -0.373 e. The van der Waals surface area contributed by atoms with Gasteiger partial charge in [-0.15, -0.1) is 0 Å². The van der Waals surface area contributed by atoms with E-state index in [1.165, 1.54) is 0 Å². The highest BCUT2D eigenvalue weighted by Gasteiger charge is 2.17. The number of aromatic nitrogens is 3. The Morgan fingerprint density at radius 1 is 1.33 bits per heavy atom. The van der Waals surface area contributed by atoms with Crippen molar-refractivity contribution < 1.29 is 9.53 Å². The number of carbonyl (C=O) groups excluding carboxylic acids is 1. The average Bonchev–Trinajstić information content (AvgIpc) is 3.02. The Morgan fingerprint density at radius 3 is 2.81 bits per heavy atom. The summed E-state index contributed by atoms with van der Waals surface area (Å²) in [6.45, 7) is 4.58. The lowest BCUT2D eigenvalue weighted by Gasteiger charge is -2.10. The highest BCUT2D eigenvalue weighted by atomic mass is 16.5. The number of carbonyl (C=O) groups is 1. The zero-order valence-corrected chi connectivity index (χ0v) is 15.8. The Balaban J connectivity index is 2.12. The summed E-state index contributed by atoms with van der Waals surface area (Å²) in [6, 6.07) is 9.40. The minimum absolute atomic E-state index is 0.0152. The van der Waals surface area contributed by atoms with Crippen LogP contribution in [0.25, 0.3) is 22.0 Å². The van der Waals surface area contributed by atoms with Crippen molar-refractivity contribution in [2.24, 2.45) is 7.05 Å². The number of ketones is 1. The molecule has 0 aliphatic heterocycles. The fourth-order valence-corrected chi connectivity index (χ4v) is 2.95. The summed E-state index contributed by atoms with van der Waals surface area (Å²) in [5.74, 6) is -0.191. The van der Waals surface area contributed by atoms with Gasteiger partial charge in [-0.2, -0.15) is 10.4 Å². The summed E-state index contributed by atoms with van der Waals surface area (Å²) in [5, 5.41) is 14.6. The molecule has 0 aliphatic carbocycles. The van der Waals surface area contributed by atoms with E-state index in [9.17, 15) is 10.1 Å². The van der Waals surface area contributed by atoms with Crippen molar-refractivity contribution >= 4 is 16.7 Å². The fraction of sp³-hybridized carbons (Fsp3) is 0.333.